The summed E-state index contributed by atoms with van der Waals surface area (Å²) >= 11 is 1.77. The number of aromatic nitrogens is 1. The fraction of sp³-hybridized carbons (Fsp3) is 0. The molecular weight excluding hydrogens is 583 g/mol. The Morgan fingerprint density at radius 3 is 1.46 bits per heavy atom. The number of nitriles is 4. The maximum atomic E-state index is 9.93. The molecule has 8 rings (SSSR count). The summed E-state index contributed by atoms with van der Waals surface area (Å²) in [5, 5.41) is 44.0. The summed E-state index contributed by atoms with van der Waals surface area (Å²) in [6, 6.07) is 46.4. The molecule has 0 radical (unpaired) electrons. The van der Waals surface area contributed by atoms with Crippen molar-refractivity contribution >= 4 is 53.3 Å². The molecule has 0 saturated heterocycles. The minimum Gasteiger partial charge on any atom is -0.309 e. The van der Waals surface area contributed by atoms with Crippen molar-refractivity contribution in [3.05, 3.63) is 138 Å². The Bertz CT molecular complexity index is 2560. The van der Waals surface area contributed by atoms with Gasteiger partial charge in [-0.25, -0.2) is 0 Å². The van der Waals surface area contributed by atoms with Gasteiger partial charge in [-0.1, -0.05) is 42.5 Å². The smallest absolute Gasteiger partial charge is 0.0998 e. The molecule has 0 aliphatic carbocycles. The molecule has 0 spiro atoms. The highest BCUT2D eigenvalue weighted by atomic mass is 32.1. The van der Waals surface area contributed by atoms with E-state index >= 15 is 0 Å². The monoisotopic (exact) mass is 601 g/mol. The summed E-state index contributed by atoms with van der Waals surface area (Å²) in [7, 11) is 0. The van der Waals surface area contributed by atoms with Crippen LogP contribution in [-0.2, 0) is 0 Å². The highest BCUT2D eigenvalue weighted by Crippen LogP contribution is 2.41. The molecule has 0 N–H and O–H groups in total. The third-order valence-electron chi connectivity index (χ3n) is 8.57. The molecule has 0 fully saturated rings. The SMILES string of the molecule is N#Cc1cccc(C#N)c1-c1ccc2c(c1)c1cc(-c3c(C#N)cccc3C#N)ccc1n2-c1ccc2sc3ccccc3c2c1. The molecule has 5 nitrogen and oxygen atoms in total. The van der Waals surface area contributed by atoms with Gasteiger partial charge in [-0.15, -0.1) is 11.3 Å². The van der Waals surface area contributed by atoms with Crippen LogP contribution in [0.5, 0.6) is 0 Å². The van der Waals surface area contributed by atoms with Crippen molar-refractivity contribution in [1.82, 2.24) is 4.57 Å². The zero-order valence-corrected chi connectivity index (χ0v) is 24.9. The van der Waals surface area contributed by atoms with Gasteiger partial charge >= 0.3 is 0 Å². The average Bonchev–Trinajstić information content (AvgIpc) is 3.65. The Balaban J connectivity index is 1.47. The first-order valence-corrected chi connectivity index (χ1v) is 15.3. The predicted octanol–water partition coefficient (Wildman–Crippen LogP) is 9.97. The number of hydrogen-bond acceptors (Lipinski definition) is 5. The third kappa shape index (κ3) is 3.97. The highest BCUT2D eigenvalue weighted by Gasteiger charge is 2.19. The van der Waals surface area contributed by atoms with Gasteiger partial charge < -0.3 is 4.57 Å². The van der Waals surface area contributed by atoms with E-state index in [1.54, 1.807) is 47.7 Å². The second-order valence-electron chi connectivity index (χ2n) is 11.0. The van der Waals surface area contributed by atoms with E-state index in [2.05, 4.69) is 71.3 Å². The van der Waals surface area contributed by atoms with E-state index in [0.717, 1.165) is 38.6 Å². The summed E-state index contributed by atoms with van der Waals surface area (Å²) in [4.78, 5) is 0. The molecule has 2 heterocycles. The lowest BCUT2D eigenvalue weighted by Crippen LogP contribution is -1.94. The van der Waals surface area contributed by atoms with Crippen molar-refractivity contribution < 1.29 is 0 Å². The first kappa shape index (κ1) is 26.9. The lowest BCUT2D eigenvalue weighted by atomic mass is 9.93. The second kappa shape index (κ2) is 10.5. The van der Waals surface area contributed by atoms with Crippen molar-refractivity contribution in [2.75, 3.05) is 0 Å². The number of thiophene rings is 1. The minimum absolute atomic E-state index is 0.430. The van der Waals surface area contributed by atoms with E-state index in [1.807, 2.05) is 36.4 Å². The van der Waals surface area contributed by atoms with Gasteiger partial charge in [-0.05, 0) is 83.9 Å². The predicted molar refractivity (Wildman–Crippen MR) is 183 cm³/mol. The number of nitrogens with zero attached hydrogens (tertiary/aromatic N) is 5. The summed E-state index contributed by atoms with van der Waals surface area (Å²) in [5.41, 5.74) is 7.35. The zero-order chi connectivity index (χ0) is 31.4. The van der Waals surface area contributed by atoms with Crippen molar-refractivity contribution in [3.63, 3.8) is 0 Å². The van der Waals surface area contributed by atoms with Crippen molar-refractivity contribution in [3.8, 4) is 52.2 Å². The van der Waals surface area contributed by atoms with Crippen LogP contribution in [0.1, 0.15) is 22.3 Å². The lowest BCUT2D eigenvalue weighted by molar-refractivity contribution is 1.19. The molecule has 0 bridgehead atoms. The fourth-order valence-corrected chi connectivity index (χ4v) is 7.65. The maximum absolute atomic E-state index is 9.93. The number of fused-ring (bicyclic) bond motifs is 6. The van der Waals surface area contributed by atoms with Crippen LogP contribution in [0.25, 0.3) is 69.9 Å². The Kier molecular flexibility index (Phi) is 6.13. The molecular formula is C40H19N5S. The molecule has 0 unspecified atom stereocenters. The molecule has 0 aliphatic heterocycles. The van der Waals surface area contributed by atoms with Crippen LogP contribution in [0, 0.1) is 45.3 Å². The summed E-state index contributed by atoms with van der Waals surface area (Å²) in [6.45, 7) is 0. The highest BCUT2D eigenvalue weighted by molar-refractivity contribution is 7.25. The summed E-state index contributed by atoms with van der Waals surface area (Å²) < 4.78 is 4.68. The van der Waals surface area contributed by atoms with Crippen LogP contribution in [0.4, 0.5) is 0 Å². The van der Waals surface area contributed by atoms with Crippen molar-refractivity contribution in [2.24, 2.45) is 0 Å². The molecule has 8 aromatic rings. The lowest BCUT2D eigenvalue weighted by Gasteiger charge is -2.10. The van der Waals surface area contributed by atoms with Gasteiger partial charge in [0.1, 0.15) is 0 Å². The van der Waals surface area contributed by atoms with Crippen molar-refractivity contribution in [1.29, 1.82) is 21.0 Å². The van der Waals surface area contributed by atoms with E-state index in [0.29, 0.717) is 33.4 Å². The number of benzene rings is 6. The largest absolute Gasteiger partial charge is 0.309 e. The average molecular weight is 602 g/mol. The molecule has 6 heteroatoms. The van der Waals surface area contributed by atoms with Gasteiger partial charge in [-0.3, -0.25) is 0 Å². The summed E-state index contributed by atoms with van der Waals surface area (Å²) in [6.07, 6.45) is 0. The van der Waals surface area contributed by atoms with Gasteiger partial charge in [0, 0.05) is 47.8 Å². The van der Waals surface area contributed by atoms with Crippen LogP contribution in [0.3, 0.4) is 0 Å². The number of rotatable bonds is 3. The van der Waals surface area contributed by atoms with E-state index in [-0.39, 0.29) is 0 Å². The van der Waals surface area contributed by atoms with Gasteiger partial charge in [0.2, 0.25) is 0 Å². The van der Waals surface area contributed by atoms with Crippen LogP contribution in [-0.4, -0.2) is 4.57 Å². The Morgan fingerprint density at radius 2 is 0.935 bits per heavy atom. The Labute approximate surface area is 267 Å². The van der Waals surface area contributed by atoms with Gasteiger partial charge in [0.05, 0.1) is 57.6 Å². The molecule has 0 aliphatic rings. The van der Waals surface area contributed by atoms with Crippen LogP contribution >= 0.6 is 11.3 Å². The zero-order valence-electron chi connectivity index (χ0n) is 24.1. The quantitative estimate of drug-likeness (QED) is 0.201. The third-order valence-corrected chi connectivity index (χ3v) is 9.72. The minimum atomic E-state index is 0.430. The van der Waals surface area contributed by atoms with Crippen molar-refractivity contribution in [2.45, 2.75) is 0 Å². The first-order chi connectivity index (χ1) is 22.6. The van der Waals surface area contributed by atoms with Crippen LogP contribution in [0.15, 0.2) is 115 Å². The standard InChI is InChI=1S/C40H19N5S/c41-20-26-5-3-6-27(21-42)39(26)24-11-14-35-32(17-24)33-18-25(40-28(22-43)7-4-8-29(40)23-44)12-15-36(33)45(35)30-13-16-38-34(19-30)31-9-1-2-10-37(31)46-38/h1-19H. The Morgan fingerprint density at radius 1 is 0.435 bits per heavy atom. The molecule has 2 aromatic heterocycles. The molecule has 46 heavy (non-hydrogen) atoms. The molecule has 6 aromatic carbocycles. The van der Waals surface area contributed by atoms with E-state index < -0.39 is 0 Å². The Hall–Kier alpha value is -6.70. The van der Waals surface area contributed by atoms with Crippen LogP contribution < -0.4 is 0 Å². The van der Waals surface area contributed by atoms with Gasteiger partial charge in [0.25, 0.3) is 0 Å². The molecule has 0 atom stereocenters. The molecule has 210 valence electrons. The summed E-state index contributed by atoms with van der Waals surface area (Å²) in [5.74, 6) is 0. The molecule has 0 saturated carbocycles. The maximum Gasteiger partial charge on any atom is 0.0998 e. The fourth-order valence-electron chi connectivity index (χ4n) is 6.56. The van der Waals surface area contributed by atoms with Crippen LogP contribution in [0.2, 0.25) is 0 Å². The van der Waals surface area contributed by atoms with E-state index in [1.165, 1.54) is 20.2 Å². The first-order valence-electron chi connectivity index (χ1n) is 14.5. The normalized spacial score (nSPS) is 11.0. The number of hydrogen-bond donors (Lipinski definition) is 0. The molecule has 0 amide bonds. The van der Waals surface area contributed by atoms with E-state index in [4.69, 9.17) is 0 Å². The van der Waals surface area contributed by atoms with Gasteiger partial charge in [-0.2, -0.15) is 21.0 Å². The van der Waals surface area contributed by atoms with E-state index in [9.17, 15) is 21.0 Å². The van der Waals surface area contributed by atoms with Gasteiger partial charge in [0.15, 0.2) is 0 Å². The topological polar surface area (TPSA) is 100 Å². The second-order valence-corrected chi connectivity index (χ2v) is 12.1.